The van der Waals surface area contributed by atoms with Crippen LogP contribution in [0.2, 0.25) is 0 Å². The number of hydrogen-bond acceptors (Lipinski definition) is 5. The number of nitrogens with one attached hydrogen (secondary N) is 2. The predicted octanol–water partition coefficient (Wildman–Crippen LogP) is 2.17. The summed E-state index contributed by atoms with van der Waals surface area (Å²) in [5.41, 5.74) is 0.490. The molecule has 96 valence electrons. The molecule has 5 heteroatoms. The van der Waals surface area contributed by atoms with E-state index >= 15 is 0 Å². The average molecular weight is 238 g/mol. The highest BCUT2D eigenvalue weighted by Crippen LogP contribution is 2.35. The van der Waals surface area contributed by atoms with Gasteiger partial charge in [0.2, 0.25) is 5.89 Å². The van der Waals surface area contributed by atoms with Crippen molar-refractivity contribution in [3.63, 3.8) is 0 Å². The second-order valence-corrected chi connectivity index (χ2v) is 5.61. The molecule has 1 aliphatic rings. The van der Waals surface area contributed by atoms with Gasteiger partial charge in [-0.3, -0.25) is 0 Å². The van der Waals surface area contributed by atoms with Gasteiger partial charge in [0.05, 0.1) is 6.54 Å². The Morgan fingerprint density at radius 2 is 2.00 bits per heavy atom. The van der Waals surface area contributed by atoms with Gasteiger partial charge in [-0.05, 0) is 38.1 Å². The summed E-state index contributed by atoms with van der Waals surface area (Å²) in [5.74, 6) is 0.631. The molecule has 0 atom stereocenters. The summed E-state index contributed by atoms with van der Waals surface area (Å²) in [6.45, 7) is 5.29. The van der Waals surface area contributed by atoms with Crippen LogP contribution in [0.5, 0.6) is 0 Å². The summed E-state index contributed by atoms with van der Waals surface area (Å²) in [4.78, 5) is 0. The van der Waals surface area contributed by atoms with E-state index in [2.05, 4.69) is 34.7 Å². The summed E-state index contributed by atoms with van der Waals surface area (Å²) in [6.07, 6.45) is 4.86. The van der Waals surface area contributed by atoms with Gasteiger partial charge in [0, 0.05) is 6.04 Å². The molecule has 2 N–H and O–H groups in total. The van der Waals surface area contributed by atoms with Crippen LogP contribution in [0.4, 0.5) is 6.01 Å². The smallest absolute Gasteiger partial charge is 0.315 e. The number of aromatic nitrogens is 2. The lowest BCUT2D eigenvalue weighted by Crippen LogP contribution is -2.29. The van der Waals surface area contributed by atoms with Gasteiger partial charge in [0.25, 0.3) is 0 Å². The molecule has 0 aromatic carbocycles. The van der Waals surface area contributed by atoms with Crippen molar-refractivity contribution >= 4 is 6.01 Å². The van der Waals surface area contributed by atoms with E-state index in [-0.39, 0.29) is 0 Å². The molecule has 2 rings (SSSR count). The number of hydrogen-bond donors (Lipinski definition) is 2. The van der Waals surface area contributed by atoms with Crippen molar-refractivity contribution in [3.8, 4) is 0 Å². The van der Waals surface area contributed by atoms with Crippen LogP contribution in [0.1, 0.15) is 45.4 Å². The molecular formula is C12H22N4O. The van der Waals surface area contributed by atoms with Crippen LogP contribution in [0, 0.1) is 5.41 Å². The molecule has 1 fully saturated rings. The Hall–Kier alpha value is -1.10. The van der Waals surface area contributed by atoms with Crippen LogP contribution < -0.4 is 10.6 Å². The SMILES string of the molecule is CNCc1nnc(NC2CCC(C)(C)CC2)o1. The second kappa shape index (κ2) is 5.04. The van der Waals surface area contributed by atoms with Gasteiger partial charge in [-0.1, -0.05) is 18.9 Å². The normalized spacial score (nSPS) is 20.4. The van der Waals surface area contributed by atoms with Crippen LogP contribution in [0.25, 0.3) is 0 Å². The highest BCUT2D eigenvalue weighted by atomic mass is 16.4. The number of nitrogens with zero attached hydrogens (tertiary/aromatic N) is 2. The summed E-state index contributed by atoms with van der Waals surface area (Å²) in [6, 6.07) is 1.03. The van der Waals surface area contributed by atoms with Gasteiger partial charge in [-0.2, -0.15) is 0 Å². The maximum Gasteiger partial charge on any atom is 0.315 e. The maximum absolute atomic E-state index is 5.48. The summed E-state index contributed by atoms with van der Waals surface area (Å²) >= 11 is 0. The van der Waals surface area contributed by atoms with E-state index < -0.39 is 0 Å². The van der Waals surface area contributed by atoms with Gasteiger partial charge in [-0.25, -0.2) is 0 Å². The van der Waals surface area contributed by atoms with Crippen LogP contribution in [-0.2, 0) is 6.54 Å². The molecule has 0 amide bonds. The molecule has 0 bridgehead atoms. The second-order valence-electron chi connectivity index (χ2n) is 5.61. The molecule has 0 unspecified atom stereocenters. The molecule has 0 radical (unpaired) electrons. The van der Waals surface area contributed by atoms with E-state index in [0.29, 0.717) is 29.9 Å². The van der Waals surface area contributed by atoms with E-state index in [4.69, 9.17) is 4.42 Å². The molecule has 0 saturated heterocycles. The summed E-state index contributed by atoms with van der Waals surface area (Å²) in [5, 5.41) is 14.3. The third-order valence-electron chi connectivity index (χ3n) is 3.46. The number of rotatable bonds is 4. The van der Waals surface area contributed by atoms with Crippen molar-refractivity contribution in [2.75, 3.05) is 12.4 Å². The van der Waals surface area contributed by atoms with E-state index in [1.54, 1.807) is 0 Å². The zero-order valence-electron chi connectivity index (χ0n) is 10.9. The minimum Gasteiger partial charge on any atom is -0.407 e. The first-order valence-corrected chi connectivity index (χ1v) is 6.32. The van der Waals surface area contributed by atoms with Crippen LogP contribution in [0.15, 0.2) is 4.42 Å². The van der Waals surface area contributed by atoms with Crippen LogP contribution in [-0.4, -0.2) is 23.3 Å². The van der Waals surface area contributed by atoms with Crippen molar-refractivity contribution in [2.24, 2.45) is 5.41 Å². The fraction of sp³-hybridized carbons (Fsp3) is 0.833. The van der Waals surface area contributed by atoms with Gasteiger partial charge in [0.15, 0.2) is 0 Å². The Balaban J connectivity index is 1.84. The molecule has 5 nitrogen and oxygen atoms in total. The lowest BCUT2D eigenvalue weighted by Gasteiger charge is -2.34. The zero-order valence-corrected chi connectivity index (χ0v) is 10.9. The fourth-order valence-corrected chi connectivity index (χ4v) is 2.25. The lowest BCUT2D eigenvalue weighted by molar-refractivity contribution is 0.231. The van der Waals surface area contributed by atoms with E-state index in [9.17, 15) is 0 Å². The quantitative estimate of drug-likeness (QED) is 0.841. The summed E-state index contributed by atoms with van der Waals surface area (Å²) < 4.78 is 5.48. The van der Waals surface area contributed by atoms with Crippen molar-refractivity contribution in [3.05, 3.63) is 5.89 Å². The molecule has 1 aliphatic carbocycles. The average Bonchev–Trinajstić information content (AvgIpc) is 2.70. The Bertz CT molecular complexity index is 351. The van der Waals surface area contributed by atoms with Gasteiger partial charge < -0.3 is 15.1 Å². The minimum absolute atomic E-state index is 0.478. The number of anilines is 1. The third-order valence-corrected chi connectivity index (χ3v) is 3.46. The Kier molecular flexibility index (Phi) is 3.66. The van der Waals surface area contributed by atoms with Crippen molar-refractivity contribution in [2.45, 2.75) is 52.1 Å². The minimum atomic E-state index is 0.478. The molecule has 1 saturated carbocycles. The van der Waals surface area contributed by atoms with Crippen molar-refractivity contribution < 1.29 is 4.42 Å². The molecule has 0 spiro atoms. The first kappa shape index (κ1) is 12.4. The van der Waals surface area contributed by atoms with E-state index in [1.807, 2.05) is 7.05 Å². The highest BCUT2D eigenvalue weighted by molar-refractivity contribution is 5.19. The topological polar surface area (TPSA) is 63.0 Å². The van der Waals surface area contributed by atoms with Gasteiger partial charge in [0.1, 0.15) is 0 Å². The van der Waals surface area contributed by atoms with Gasteiger partial charge >= 0.3 is 6.01 Å². The fourth-order valence-electron chi connectivity index (χ4n) is 2.25. The first-order valence-electron chi connectivity index (χ1n) is 6.32. The third kappa shape index (κ3) is 3.43. The van der Waals surface area contributed by atoms with Gasteiger partial charge in [-0.15, -0.1) is 5.10 Å². The predicted molar refractivity (Wildman–Crippen MR) is 66.7 cm³/mol. The maximum atomic E-state index is 5.48. The zero-order chi connectivity index (χ0) is 12.3. The molecule has 0 aliphatic heterocycles. The van der Waals surface area contributed by atoms with Crippen LogP contribution >= 0.6 is 0 Å². The van der Waals surface area contributed by atoms with E-state index in [1.165, 1.54) is 25.7 Å². The van der Waals surface area contributed by atoms with Crippen molar-refractivity contribution in [1.29, 1.82) is 0 Å². The molecule has 1 heterocycles. The highest BCUT2D eigenvalue weighted by Gasteiger charge is 2.27. The molecule has 1 aromatic heterocycles. The lowest BCUT2D eigenvalue weighted by atomic mass is 9.76. The Morgan fingerprint density at radius 3 is 2.65 bits per heavy atom. The van der Waals surface area contributed by atoms with Crippen LogP contribution in [0.3, 0.4) is 0 Å². The molecule has 17 heavy (non-hydrogen) atoms. The molecular weight excluding hydrogens is 216 g/mol. The first-order chi connectivity index (χ1) is 8.09. The van der Waals surface area contributed by atoms with Crippen molar-refractivity contribution in [1.82, 2.24) is 15.5 Å². The van der Waals surface area contributed by atoms with E-state index in [0.717, 1.165) is 0 Å². The Labute approximate surface area is 102 Å². The standard InChI is InChI=1S/C12H22N4O/c1-12(2)6-4-9(5-7-12)14-11-16-15-10(17-11)8-13-3/h9,13H,4-8H2,1-3H3,(H,14,16). The summed E-state index contributed by atoms with van der Waals surface area (Å²) in [7, 11) is 1.86. The monoisotopic (exact) mass is 238 g/mol. The molecule has 1 aromatic rings. The largest absolute Gasteiger partial charge is 0.407 e. The Morgan fingerprint density at radius 1 is 1.29 bits per heavy atom.